The first-order valence-corrected chi connectivity index (χ1v) is 8.21. The summed E-state index contributed by atoms with van der Waals surface area (Å²) in [5.74, 6) is 3.86. The van der Waals surface area contributed by atoms with Crippen LogP contribution in [0.2, 0.25) is 0 Å². The molecule has 0 aliphatic heterocycles. The molecule has 4 aliphatic carbocycles. The van der Waals surface area contributed by atoms with Crippen LogP contribution in [0.15, 0.2) is 0 Å². The van der Waals surface area contributed by atoms with Gasteiger partial charge in [-0.15, -0.1) is 0 Å². The highest BCUT2D eigenvalue weighted by atomic mass is 32.1. The van der Waals surface area contributed by atoms with Crippen LogP contribution in [0.3, 0.4) is 0 Å². The molecule has 4 rings (SSSR count). The maximum absolute atomic E-state index is 5.46. The maximum atomic E-state index is 5.46. The average molecular weight is 281 g/mol. The van der Waals surface area contributed by atoms with E-state index >= 15 is 0 Å². The molecule has 0 unspecified atom stereocenters. The van der Waals surface area contributed by atoms with Crippen molar-refractivity contribution in [1.82, 2.24) is 15.5 Å². The second-order valence-corrected chi connectivity index (χ2v) is 7.57. The molecule has 0 aromatic rings. The van der Waals surface area contributed by atoms with Crippen molar-refractivity contribution in [3.05, 3.63) is 0 Å². The Morgan fingerprint density at radius 2 is 1.63 bits per heavy atom. The van der Waals surface area contributed by atoms with Gasteiger partial charge in [0.05, 0.1) is 0 Å². The summed E-state index contributed by atoms with van der Waals surface area (Å²) >= 11 is 5.46. The third-order valence-electron chi connectivity index (χ3n) is 5.37. The topological polar surface area (TPSA) is 27.3 Å². The fourth-order valence-electron chi connectivity index (χ4n) is 4.76. The monoisotopic (exact) mass is 281 g/mol. The van der Waals surface area contributed by atoms with E-state index in [0.717, 1.165) is 41.9 Å². The van der Waals surface area contributed by atoms with E-state index in [0.29, 0.717) is 6.04 Å². The van der Waals surface area contributed by atoms with E-state index in [9.17, 15) is 0 Å². The van der Waals surface area contributed by atoms with Gasteiger partial charge in [-0.3, -0.25) is 0 Å². The largest absolute Gasteiger partial charge is 0.361 e. The summed E-state index contributed by atoms with van der Waals surface area (Å²) in [5, 5.41) is 7.86. The van der Waals surface area contributed by atoms with E-state index in [4.69, 9.17) is 12.2 Å². The van der Waals surface area contributed by atoms with E-state index in [2.05, 4.69) is 29.6 Å². The molecule has 4 fully saturated rings. The molecule has 0 heterocycles. The van der Waals surface area contributed by atoms with Gasteiger partial charge in [0.25, 0.3) is 0 Å². The van der Waals surface area contributed by atoms with Crippen LogP contribution in [0.1, 0.15) is 32.1 Å². The zero-order valence-corrected chi connectivity index (χ0v) is 13.0. The highest BCUT2D eigenvalue weighted by molar-refractivity contribution is 7.80. The summed E-state index contributed by atoms with van der Waals surface area (Å²) in [6.45, 7) is 1.97. The van der Waals surface area contributed by atoms with E-state index in [1.807, 2.05) is 0 Å². The quantitative estimate of drug-likeness (QED) is 0.769. The molecule has 19 heavy (non-hydrogen) atoms. The molecule has 0 saturated heterocycles. The lowest BCUT2D eigenvalue weighted by Gasteiger charge is -2.54. The highest BCUT2D eigenvalue weighted by Gasteiger charge is 2.48. The van der Waals surface area contributed by atoms with Crippen LogP contribution in [-0.4, -0.2) is 43.2 Å². The molecule has 0 aromatic heterocycles. The minimum absolute atomic E-state index is 0.659. The number of thiocarbonyl (C=S) groups is 1. The number of hydrogen-bond acceptors (Lipinski definition) is 2. The smallest absolute Gasteiger partial charge is 0.166 e. The van der Waals surface area contributed by atoms with Crippen LogP contribution < -0.4 is 10.6 Å². The van der Waals surface area contributed by atoms with Crippen molar-refractivity contribution in [2.24, 2.45) is 23.7 Å². The molecular formula is C15H27N3S. The standard InChI is InChI=1S/C15H27N3S/c1-18(2)4-3-16-15(19)17-14-12-6-10-5-11(8-12)9-13(14)7-10/h10-14H,3-9H2,1-2H3,(H2,16,17,19). The molecule has 4 saturated carbocycles. The van der Waals surface area contributed by atoms with Gasteiger partial charge < -0.3 is 15.5 Å². The Morgan fingerprint density at radius 3 is 2.16 bits per heavy atom. The third-order valence-corrected chi connectivity index (χ3v) is 5.63. The fraction of sp³-hybridized carbons (Fsp3) is 0.933. The Balaban J connectivity index is 1.48. The summed E-state index contributed by atoms with van der Waals surface area (Å²) in [5.41, 5.74) is 0. The predicted molar refractivity (Wildman–Crippen MR) is 83.1 cm³/mol. The molecule has 2 N–H and O–H groups in total. The molecular weight excluding hydrogens is 254 g/mol. The number of nitrogens with zero attached hydrogens (tertiary/aromatic N) is 1. The Morgan fingerprint density at radius 1 is 1.05 bits per heavy atom. The third kappa shape index (κ3) is 3.05. The zero-order valence-electron chi connectivity index (χ0n) is 12.2. The van der Waals surface area contributed by atoms with Gasteiger partial charge in [-0.05, 0) is 82.1 Å². The van der Waals surface area contributed by atoms with Crippen molar-refractivity contribution in [2.75, 3.05) is 27.2 Å². The van der Waals surface area contributed by atoms with Crippen molar-refractivity contribution in [3.63, 3.8) is 0 Å². The van der Waals surface area contributed by atoms with Gasteiger partial charge in [0.1, 0.15) is 0 Å². The van der Waals surface area contributed by atoms with E-state index in [-0.39, 0.29) is 0 Å². The van der Waals surface area contributed by atoms with E-state index in [1.54, 1.807) is 0 Å². The van der Waals surface area contributed by atoms with Gasteiger partial charge in [0.15, 0.2) is 5.11 Å². The fourth-order valence-corrected chi connectivity index (χ4v) is 4.99. The summed E-state index contributed by atoms with van der Waals surface area (Å²) < 4.78 is 0. The van der Waals surface area contributed by atoms with Crippen molar-refractivity contribution >= 4 is 17.3 Å². The number of nitrogens with one attached hydrogen (secondary N) is 2. The summed E-state index contributed by atoms with van der Waals surface area (Å²) in [7, 11) is 4.19. The molecule has 0 atom stereocenters. The molecule has 108 valence electrons. The van der Waals surface area contributed by atoms with Gasteiger partial charge in [-0.25, -0.2) is 0 Å². The first-order chi connectivity index (χ1) is 9.11. The van der Waals surface area contributed by atoms with Crippen LogP contribution in [0.25, 0.3) is 0 Å². The Labute approximate surface area is 122 Å². The van der Waals surface area contributed by atoms with Crippen molar-refractivity contribution < 1.29 is 0 Å². The molecule has 4 aliphatic rings. The van der Waals surface area contributed by atoms with Gasteiger partial charge >= 0.3 is 0 Å². The van der Waals surface area contributed by atoms with Crippen LogP contribution in [0.4, 0.5) is 0 Å². The minimum atomic E-state index is 0.659. The summed E-state index contributed by atoms with van der Waals surface area (Å²) in [4.78, 5) is 2.18. The Bertz CT molecular complexity index is 314. The van der Waals surface area contributed by atoms with E-state index in [1.165, 1.54) is 32.1 Å². The first-order valence-electron chi connectivity index (χ1n) is 7.81. The number of hydrogen-bond donors (Lipinski definition) is 2. The van der Waals surface area contributed by atoms with Crippen LogP contribution in [0, 0.1) is 23.7 Å². The van der Waals surface area contributed by atoms with Crippen molar-refractivity contribution in [2.45, 2.75) is 38.1 Å². The van der Waals surface area contributed by atoms with Crippen LogP contribution >= 0.6 is 12.2 Å². The Kier molecular flexibility index (Phi) is 3.99. The average Bonchev–Trinajstić information content (AvgIpc) is 2.32. The zero-order chi connectivity index (χ0) is 13.4. The summed E-state index contributed by atoms with van der Waals surface area (Å²) in [6, 6.07) is 0.659. The second kappa shape index (κ2) is 5.57. The van der Waals surface area contributed by atoms with Gasteiger partial charge in [-0.2, -0.15) is 0 Å². The number of likely N-dealkylation sites (N-methyl/N-ethyl adjacent to an activating group) is 1. The normalized spacial score (nSPS) is 39.6. The van der Waals surface area contributed by atoms with Gasteiger partial charge in [0, 0.05) is 19.1 Å². The van der Waals surface area contributed by atoms with Crippen LogP contribution in [0.5, 0.6) is 0 Å². The van der Waals surface area contributed by atoms with Crippen molar-refractivity contribution in [1.29, 1.82) is 0 Å². The molecule has 4 bridgehead atoms. The first kappa shape index (κ1) is 13.6. The SMILES string of the molecule is CN(C)CCNC(=S)NC1C2CC3CC(C2)CC1C3. The molecule has 4 heteroatoms. The molecule has 0 radical (unpaired) electrons. The van der Waals surface area contributed by atoms with E-state index < -0.39 is 0 Å². The van der Waals surface area contributed by atoms with Gasteiger partial charge in [-0.1, -0.05) is 0 Å². The Hall–Kier alpha value is -0.350. The van der Waals surface area contributed by atoms with Crippen LogP contribution in [-0.2, 0) is 0 Å². The second-order valence-electron chi connectivity index (χ2n) is 7.16. The predicted octanol–water partition coefficient (Wildman–Crippen LogP) is 1.84. The summed E-state index contributed by atoms with van der Waals surface area (Å²) in [6.07, 6.45) is 7.32. The molecule has 0 amide bonds. The molecule has 0 aromatic carbocycles. The molecule has 3 nitrogen and oxygen atoms in total. The maximum Gasteiger partial charge on any atom is 0.166 e. The number of rotatable bonds is 4. The highest BCUT2D eigenvalue weighted by Crippen LogP contribution is 2.53. The van der Waals surface area contributed by atoms with Gasteiger partial charge in [0.2, 0.25) is 0 Å². The lowest BCUT2D eigenvalue weighted by atomic mass is 9.54. The van der Waals surface area contributed by atoms with Crippen molar-refractivity contribution in [3.8, 4) is 0 Å². The lowest BCUT2D eigenvalue weighted by Crippen LogP contribution is -2.57. The lowest BCUT2D eigenvalue weighted by molar-refractivity contribution is -0.00694. The minimum Gasteiger partial charge on any atom is -0.361 e. The molecule has 0 spiro atoms.